The summed E-state index contributed by atoms with van der Waals surface area (Å²) in [6, 6.07) is 22.9. The van der Waals surface area contributed by atoms with Crippen LogP contribution in [0.2, 0.25) is 23.7 Å². The van der Waals surface area contributed by atoms with Crippen LogP contribution in [0, 0.1) is 5.92 Å². The third-order valence-electron chi connectivity index (χ3n) is 10.8. The van der Waals surface area contributed by atoms with Crippen LogP contribution in [-0.4, -0.2) is 59.6 Å². The minimum Gasteiger partial charge on any atom is -0.395 e. The number of benzene rings is 3. The maximum atomic E-state index is 16.4. The van der Waals surface area contributed by atoms with Gasteiger partial charge < -0.3 is 23.8 Å². The first-order valence-corrected chi connectivity index (χ1v) is 20.8. The lowest BCUT2D eigenvalue weighted by atomic mass is 9.82. The van der Waals surface area contributed by atoms with Gasteiger partial charge >= 0.3 is 0 Å². The van der Waals surface area contributed by atoms with Crippen molar-refractivity contribution in [2.45, 2.75) is 82.0 Å². The number of aromatic nitrogens is 3. The van der Waals surface area contributed by atoms with Crippen molar-refractivity contribution in [1.29, 1.82) is 0 Å². The van der Waals surface area contributed by atoms with Crippen molar-refractivity contribution >= 4 is 43.2 Å². The molecule has 3 aliphatic heterocycles. The fourth-order valence-electron chi connectivity index (χ4n) is 8.39. The summed E-state index contributed by atoms with van der Waals surface area (Å²) < 4.78 is 25.0. The van der Waals surface area contributed by atoms with Gasteiger partial charge in [-0.2, -0.15) is 0 Å². The first-order valence-electron chi connectivity index (χ1n) is 17.4. The SMILES string of the molecule is C[C@H]1[C@H]([Si](C)(C)F)[C@@H](CCn2cc(C(CO)c3ccccc3)nn2)O[C@]12C(=O)N(Cc1ccc(N3CCCCC3=O)cc1)c1ccc(Cl)cc12. The van der Waals surface area contributed by atoms with Crippen LogP contribution in [0.3, 0.4) is 0 Å². The average Bonchev–Trinajstić information content (AvgIpc) is 3.75. The molecule has 1 aromatic heterocycles. The molecule has 0 radical (unpaired) electrons. The van der Waals surface area contributed by atoms with E-state index in [1.807, 2.05) is 78.7 Å². The number of fused-ring (bicyclic) bond motifs is 2. The second kappa shape index (κ2) is 13.7. The number of hydrogen-bond donors (Lipinski definition) is 1. The highest BCUT2D eigenvalue weighted by Gasteiger charge is 2.66. The lowest BCUT2D eigenvalue weighted by molar-refractivity contribution is -0.146. The molecule has 2 fully saturated rings. The molecule has 3 aromatic carbocycles. The lowest BCUT2D eigenvalue weighted by Crippen LogP contribution is -2.45. The van der Waals surface area contributed by atoms with Crippen molar-refractivity contribution < 1.29 is 23.5 Å². The zero-order valence-electron chi connectivity index (χ0n) is 28.6. The molecule has 2 amide bonds. The van der Waals surface area contributed by atoms with E-state index >= 15 is 4.11 Å². The fraction of sp³-hybridized carbons (Fsp3) is 0.421. The van der Waals surface area contributed by atoms with Crippen molar-refractivity contribution in [3.05, 3.63) is 106 Å². The average molecular weight is 716 g/mol. The maximum absolute atomic E-state index is 16.4. The molecule has 0 aliphatic carbocycles. The van der Waals surface area contributed by atoms with Crippen molar-refractivity contribution in [1.82, 2.24) is 15.0 Å². The number of aryl methyl sites for hydroxylation is 1. The number of carbonyl (C=O) groups excluding carboxylic acids is 2. The summed E-state index contributed by atoms with van der Waals surface area (Å²) in [6.45, 7) is 6.61. The van der Waals surface area contributed by atoms with E-state index in [-0.39, 0.29) is 24.3 Å². The Bertz CT molecular complexity index is 1870. The van der Waals surface area contributed by atoms with E-state index in [1.165, 1.54) is 0 Å². The molecular formula is C38H43ClFN5O4Si. The van der Waals surface area contributed by atoms with Gasteiger partial charge in [-0.15, -0.1) is 5.10 Å². The van der Waals surface area contributed by atoms with Crippen LogP contribution in [-0.2, 0) is 33.0 Å². The quantitative estimate of drug-likeness (QED) is 0.140. The van der Waals surface area contributed by atoms with Crippen molar-refractivity contribution in [3.63, 3.8) is 0 Å². The molecule has 1 spiro atoms. The number of aliphatic hydroxyl groups excluding tert-OH is 1. The number of carbonyl (C=O) groups is 2. The van der Waals surface area contributed by atoms with Gasteiger partial charge in [0, 0.05) is 53.4 Å². The first kappa shape index (κ1) is 34.5. The zero-order valence-corrected chi connectivity index (χ0v) is 30.4. The van der Waals surface area contributed by atoms with E-state index in [1.54, 1.807) is 34.8 Å². The Morgan fingerprint density at radius 1 is 1.08 bits per heavy atom. The Morgan fingerprint density at radius 3 is 2.54 bits per heavy atom. The number of aliphatic hydroxyl groups is 1. The smallest absolute Gasteiger partial charge is 0.264 e. The van der Waals surface area contributed by atoms with Gasteiger partial charge in [-0.3, -0.25) is 14.3 Å². The molecule has 50 heavy (non-hydrogen) atoms. The van der Waals surface area contributed by atoms with Crippen LogP contribution >= 0.6 is 11.6 Å². The summed E-state index contributed by atoms with van der Waals surface area (Å²) in [5.74, 6) is -0.856. The zero-order chi connectivity index (χ0) is 35.2. The molecule has 5 atom stereocenters. The van der Waals surface area contributed by atoms with Gasteiger partial charge in [-0.1, -0.05) is 66.2 Å². The summed E-state index contributed by atoms with van der Waals surface area (Å²) in [5.41, 5.74) is 2.85. The summed E-state index contributed by atoms with van der Waals surface area (Å²) in [7, 11) is -3.37. The third-order valence-corrected chi connectivity index (χ3v) is 13.5. The van der Waals surface area contributed by atoms with Crippen LogP contribution in [0.15, 0.2) is 79.0 Å². The molecular weight excluding hydrogens is 673 g/mol. The normalized spacial score (nSPS) is 24.3. The van der Waals surface area contributed by atoms with E-state index in [2.05, 4.69) is 10.3 Å². The van der Waals surface area contributed by atoms with E-state index in [9.17, 15) is 14.7 Å². The molecule has 0 saturated carbocycles. The van der Waals surface area contributed by atoms with Crippen LogP contribution in [0.25, 0.3) is 0 Å². The van der Waals surface area contributed by atoms with E-state index in [4.69, 9.17) is 16.3 Å². The Balaban J connectivity index is 1.15. The second-order valence-corrected chi connectivity index (χ2v) is 18.6. The third kappa shape index (κ3) is 6.18. The lowest BCUT2D eigenvalue weighted by Gasteiger charge is -2.31. The number of halogens is 2. The van der Waals surface area contributed by atoms with Gasteiger partial charge in [0.2, 0.25) is 14.3 Å². The topological polar surface area (TPSA) is 101 Å². The molecule has 1 unspecified atom stereocenters. The highest BCUT2D eigenvalue weighted by molar-refractivity contribution is 6.72. The van der Waals surface area contributed by atoms with E-state index in [0.29, 0.717) is 54.4 Å². The monoisotopic (exact) mass is 715 g/mol. The van der Waals surface area contributed by atoms with Gasteiger partial charge in [0.25, 0.3) is 5.91 Å². The summed E-state index contributed by atoms with van der Waals surface area (Å²) in [6.07, 6.45) is 4.15. The molecule has 12 heteroatoms. The van der Waals surface area contributed by atoms with Gasteiger partial charge in [0.15, 0.2) is 5.60 Å². The minimum atomic E-state index is -3.37. The largest absolute Gasteiger partial charge is 0.395 e. The molecule has 3 aliphatic rings. The van der Waals surface area contributed by atoms with Crippen molar-refractivity contribution in [2.75, 3.05) is 23.0 Å². The van der Waals surface area contributed by atoms with Crippen LogP contribution in [0.5, 0.6) is 0 Å². The predicted octanol–water partition coefficient (Wildman–Crippen LogP) is 6.98. The number of anilines is 2. The van der Waals surface area contributed by atoms with E-state index in [0.717, 1.165) is 29.7 Å². The molecule has 7 rings (SSSR count). The maximum Gasteiger partial charge on any atom is 0.264 e. The standard InChI is InChI=1S/C38H43ClFN5O4Si/c1-25-36(50(2,3)40)34(18-20-43-23-32(41-42-43)30(24-46)27-9-5-4-6-10-27)49-38(25)31-21-28(39)14-17-33(31)45(37(38)48)22-26-12-15-29(16-13-26)44-19-8-7-11-35(44)47/h4-6,9-10,12-17,21,23,25,30,34,36,46H,7-8,11,18-20,22,24H2,1-3H3/t25-,30?,34+,36-,38+/m0/s1. The molecule has 0 bridgehead atoms. The van der Waals surface area contributed by atoms with E-state index < -0.39 is 31.6 Å². The van der Waals surface area contributed by atoms with Gasteiger partial charge in [0.05, 0.1) is 36.6 Å². The fourth-order valence-corrected chi connectivity index (χ4v) is 11.1. The van der Waals surface area contributed by atoms with Gasteiger partial charge in [-0.25, -0.2) is 0 Å². The molecule has 1 N–H and O–H groups in total. The van der Waals surface area contributed by atoms with Crippen LogP contribution in [0.1, 0.15) is 60.9 Å². The van der Waals surface area contributed by atoms with Crippen LogP contribution in [0.4, 0.5) is 15.5 Å². The molecule has 262 valence electrons. The van der Waals surface area contributed by atoms with Gasteiger partial charge in [-0.05, 0) is 73.8 Å². The number of rotatable bonds is 10. The summed E-state index contributed by atoms with van der Waals surface area (Å²) >= 11 is 6.56. The van der Waals surface area contributed by atoms with Crippen LogP contribution < -0.4 is 9.80 Å². The number of piperidine rings is 1. The molecule has 4 heterocycles. The Kier molecular flexibility index (Phi) is 9.44. The number of nitrogens with zero attached hydrogens (tertiary/aromatic N) is 5. The highest BCUT2D eigenvalue weighted by atomic mass is 35.5. The highest BCUT2D eigenvalue weighted by Crippen LogP contribution is 2.60. The molecule has 4 aromatic rings. The summed E-state index contributed by atoms with van der Waals surface area (Å²) in [5, 5.41) is 19.3. The summed E-state index contributed by atoms with van der Waals surface area (Å²) in [4.78, 5) is 30.8. The number of ether oxygens (including phenoxy) is 1. The molecule has 2 saturated heterocycles. The Labute approximate surface area is 298 Å². The number of hydrogen-bond acceptors (Lipinski definition) is 6. The Morgan fingerprint density at radius 2 is 1.84 bits per heavy atom. The van der Waals surface area contributed by atoms with Crippen molar-refractivity contribution in [3.8, 4) is 0 Å². The number of amides is 2. The minimum absolute atomic E-state index is 0.110. The Hall–Kier alpha value is -3.90. The first-order chi connectivity index (χ1) is 24.0. The molecule has 9 nitrogen and oxygen atoms in total. The van der Waals surface area contributed by atoms with Gasteiger partial charge in [0.1, 0.15) is 0 Å². The predicted molar refractivity (Wildman–Crippen MR) is 193 cm³/mol. The van der Waals surface area contributed by atoms with Crippen molar-refractivity contribution in [2.24, 2.45) is 5.92 Å². The second-order valence-electron chi connectivity index (χ2n) is 14.3.